The van der Waals surface area contributed by atoms with Crippen LogP contribution in [0.25, 0.3) is 0 Å². The molecule has 0 saturated heterocycles. The lowest BCUT2D eigenvalue weighted by molar-refractivity contribution is -0.167. The Labute approximate surface area is 351 Å². The minimum Gasteiger partial charge on any atom is -0.462 e. The zero-order valence-electron chi connectivity index (χ0n) is 37.1. The highest BCUT2D eigenvalue weighted by atomic mass is 16.6. The van der Waals surface area contributed by atoms with E-state index in [1.165, 1.54) is 57.8 Å². The van der Waals surface area contributed by atoms with Gasteiger partial charge in [0.1, 0.15) is 13.2 Å². The zero-order chi connectivity index (χ0) is 41.5. The van der Waals surface area contributed by atoms with Crippen molar-refractivity contribution in [1.29, 1.82) is 0 Å². The summed E-state index contributed by atoms with van der Waals surface area (Å²) < 4.78 is 16.4. The van der Waals surface area contributed by atoms with Crippen molar-refractivity contribution >= 4 is 17.9 Å². The Morgan fingerprint density at radius 3 is 1.07 bits per heavy atom. The van der Waals surface area contributed by atoms with Crippen molar-refractivity contribution in [2.75, 3.05) is 13.2 Å². The molecule has 1 atom stereocenters. The molecule has 6 heteroatoms. The maximum atomic E-state index is 12.4. The number of unbranched alkanes of at least 4 members (excludes halogenated alkanes) is 18. The first-order chi connectivity index (χ1) is 28.0. The Bertz CT molecular complexity index is 1100. The van der Waals surface area contributed by atoms with Crippen molar-refractivity contribution in [3.8, 4) is 0 Å². The number of hydrogen-bond acceptors (Lipinski definition) is 6. The molecule has 0 fully saturated rings. The number of rotatable bonds is 41. The summed E-state index contributed by atoms with van der Waals surface area (Å²) in [6, 6.07) is 0. The van der Waals surface area contributed by atoms with E-state index in [0.29, 0.717) is 19.3 Å². The summed E-state index contributed by atoms with van der Waals surface area (Å²) >= 11 is 0. The second-order valence-electron chi connectivity index (χ2n) is 15.3. The molecule has 0 aromatic carbocycles. The monoisotopic (exact) mass is 795 g/mol. The molecule has 0 aliphatic carbocycles. The number of allylic oxidation sites excluding steroid dienone is 12. The first-order valence-corrected chi connectivity index (χ1v) is 23.4. The van der Waals surface area contributed by atoms with Gasteiger partial charge in [-0.2, -0.15) is 0 Å². The van der Waals surface area contributed by atoms with Crippen molar-refractivity contribution in [3.63, 3.8) is 0 Å². The second-order valence-corrected chi connectivity index (χ2v) is 15.3. The fourth-order valence-electron chi connectivity index (χ4n) is 6.21. The Morgan fingerprint density at radius 1 is 0.368 bits per heavy atom. The van der Waals surface area contributed by atoms with E-state index < -0.39 is 6.10 Å². The van der Waals surface area contributed by atoms with Gasteiger partial charge in [-0.3, -0.25) is 14.4 Å². The molecular formula is C51H86O6. The third-order valence-corrected chi connectivity index (χ3v) is 9.73. The number of esters is 3. The Kier molecular flexibility index (Phi) is 43.0. The van der Waals surface area contributed by atoms with Crippen molar-refractivity contribution in [3.05, 3.63) is 72.9 Å². The van der Waals surface area contributed by atoms with E-state index in [2.05, 4.69) is 93.7 Å². The molecule has 0 spiro atoms. The normalized spacial score (nSPS) is 12.7. The molecule has 0 aliphatic rings. The lowest BCUT2D eigenvalue weighted by atomic mass is 10.1. The lowest BCUT2D eigenvalue weighted by Crippen LogP contribution is -2.30. The minimum absolute atomic E-state index is 0.0773. The predicted octanol–water partition coefficient (Wildman–Crippen LogP) is 15.1. The molecule has 57 heavy (non-hydrogen) atoms. The molecule has 0 N–H and O–H groups in total. The number of hydrogen-bond donors (Lipinski definition) is 0. The van der Waals surface area contributed by atoms with Crippen LogP contribution in [0.2, 0.25) is 0 Å². The van der Waals surface area contributed by atoms with E-state index in [9.17, 15) is 14.4 Å². The Balaban J connectivity index is 3.91. The van der Waals surface area contributed by atoms with Crippen LogP contribution in [0.3, 0.4) is 0 Å². The summed E-state index contributed by atoms with van der Waals surface area (Å²) in [5.41, 5.74) is 0. The molecule has 0 amide bonds. The van der Waals surface area contributed by atoms with E-state index in [1.54, 1.807) is 0 Å². The summed E-state index contributed by atoms with van der Waals surface area (Å²) in [5.74, 6) is -0.916. The molecule has 0 aliphatic heterocycles. The van der Waals surface area contributed by atoms with Gasteiger partial charge in [0.05, 0.1) is 0 Å². The van der Waals surface area contributed by atoms with E-state index in [4.69, 9.17) is 14.2 Å². The van der Waals surface area contributed by atoms with Crippen LogP contribution in [0, 0.1) is 0 Å². The molecule has 0 rings (SSSR count). The molecule has 0 aromatic rings. The highest BCUT2D eigenvalue weighted by Crippen LogP contribution is 2.14. The smallest absolute Gasteiger partial charge is 0.306 e. The van der Waals surface area contributed by atoms with Gasteiger partial charge in [-0.15, -0.1) is 0 Å². The average molecular weight is 795 g/mol. The van der Waals surface area contributed by atoms with Crippen LogP contribution in [0.15, 0.2) is 72.9 Å². The summed E-state index contributed by atoms with van der Waals surface area (Å²) in [7, 11) is 0. The van der Waals surface area contributed by atoms with Crippen LogP contribution in [0.1, 0.15) is 213 Å². The van der Waals surface area contributed by atoms with Crippen LogP contribution in [-0.2, 0) is 28.6 Å². The molecule has 1 unspecified atom stereocenters. The van der Waals surface area contributed by atoms with Crippen molar-refractivity contribution in [2.45, 2.75) is 219 Å². The second kappa shape index (κ2) is 45.6. The molecule has 0 aromatic heterocycles. The summed E-state index contributed by atoms with van der Waals surface area (Å²) in [5, 5.41) is 0. The van der Waals surface area contributed by atoms with Crippen molar-refractivity contribution < 1.29 is 28.6 Å². The lowest BCUT2D eigenvalue weighted by Gasteiger charge is -2.18. The molecular weight excluding hydrogens is 709 g/mol. The van der Waals surface area contributed by atoms with Crippen LogP contribution in [-0.4, -0.2) is 37.2 Å². The summed E-state index contributed by atoms with van der Waals surface area (Å²) in [4.78, 5) is 37.1. The predicted molar refractivity (Wildman–Crippen MR) is 242 cm³/mol. The van der Waals surface area contributed by atoms with Gasteiger partial charge in [0.25, 0.3) is 0 Å². The van der Waals surface area contributed by atoms with Crippen molar-refractivity contribution in [1.82, 2.24) is 0 Å². The van der Waals surface area contributed by atoms with Crippen LogP contribution >= 0.6 is 0 Å². The zero-order valence-corrected chi connectivity index (χ0v) is 37.1. The maximum Gasteiger partial charge on any atom is 0.306 e. The molecule has 0 heterocycles. The van der Waals surface area contributed by atoms with E-state index in [1.807, 2.05) is 0 Å². The minimum atomic E-state index is -0.766. The third-order valence-electron chi connectivity index (χ3n) is 9.73. The highest BCUT2D eigenvalue weighted by Gasteiger charge is 2.19. The summed E-state index contributed by atoms with van der Waals surface area (Å²) in [6.07, 6.45) is 56.8. The fourth-order valence-corrected chi connectivity index (χ4v) is 6.21. The summed E-state index contributed by atoms with van der Waals surface area (Å²) in [6.45, 7) is 6.33. The Hall–Kier alpha value is -3.15. The first kappa shape index (κ1) is 53.9. The van der Waals surface area contributed by atoms with Gasteiger partial charge in [-0.25, -0.2) is 0 Å². The van der Waals surface area contributed by atoms with Gasteiger partial charge in [0, 0.05) is 19.3 Å². The van der Waals surface area contributed by atoms with Gasteiger partial charge in [-0.05, 0) is 70.6 Å². The quantitative estimate of drug-likeness (QED) is 0.0265. The van der Waals surface area contributed by atoms with Gasteiger partial charge in [-0.1, -0.05) is 196 Å². The van der Waals surface area contributed by atoms with Crippen molar-refractivity contribution in [2.24, 2.45) is 0 Å². The molecule has 0 radical (unpaired) electrons. The van der Waals surface area contributed by atoms with E-state index >= 15 is 0 Å². The maximum absolute atomic E-state index is 12.4. The van der Waals surface area contributed by atoms with Gasteiger partial charge in [0.2, 0.25) is 0 Å². The van der Waals surface area contributed by atoms with Gasteiger partial charge >= 0.3 is 17.9 Å². The van der Waals surface area contributed by atoms with Gasteiger partial charge in [0.15, 0.2) is 6.10 Å². The number of carbonyl (C=O) groups excluding carboxylic acids is 3. The van der Waals surface area contributed by atoms with Crippen LogP contribution < -0.4 is 0 Å². The van der Waals surface area contributed by atoms with E-state index in [0.717, 1.165) is 116 Å². The van der Waals surface area contributed by atoms with Crippen LogP contribution in [0.5, 0.6) is 0 Å². The average Bonchev–Trinajstić information content (AvgIpc) is 3.21. The molecule has 6 nitrogen and oxygen atoms in total. The molecule has 0 bridgehead atoms. The Morgan fingerprint density at radius 2 is 0.684 bits per heavy atom. The largest absolute Gasteiger partial charge is 0.462 e. The first-order valence-electron chi connectivity index (χ1n) is 23.4. The standard InChI is InChI=1S/C51H86O6/c1-4-7-10-13-14-15-16-17-18-19-20-21-22-23-24-25-26-27-28-29-30-31-32-33-34-35-36-39-41-44-50(53)56-47-48(57-51(54)45-42-38-12-9-6-3)46-55-49(52)43-40-37-11-8-5-2/h7,10,14-15,17-18,20-21,23-24,26-27,48H,4-6,8-9,11-13,16,19,22,25,28-47H2,1-3H3/b10-7-,15-14-,18-17-,21-20-,24-23-,27-26-. The number of carbonyl (C=O) groups is 3. The topological polar surface area (TPSA) is 78.9 Å². The number of ether oxygens (including phenoxy) is 3. The SMILES string of the molecule is CC/C=C\C/C=C\C/C=C\C/C=C\C/C=C\C/C=C\CCCCCCCCCCCCC(=O)OCC(COC(=O)CCCCCCC)OC(=O)CCCCCCC. The highest BCUT2D eigenvalue weighted by molar-refractivity contribution is 5.71. The van der Waals surface area contributed by atoms with Crippen LogP contribution in [0.4, 0.5) is 0 Å². The molecule has 0 saturated carbocycles. The third kappa shape index (κ3) is 43.8. The molecule has 326 valence electrons. The van der Waals surface area contributed by atoms with Gasteiger partial charge < -0.3 is 14.2 Å². The fraction of sp³-hybridized carbons (Fsp3) is 0.706. The van der Waals surface area contributed by atoms with E-state index in [-0.39, 0.29) is 31.1 Å².